The molecule has 1 heterocycles. The van der Waals surface area contributed by atoms with E-state index in [1.165, 1.54) is 0 Å². The molecule has 0 radical (unpaired) electrons. The molecular formula is C17H21F3N2O4S. The zero-order valence-electron chi connectivity index (χ0n) is 14.5. The van der Waals surface area contributed by atoms with E-state index in [0.29, 0.717) is 13.0 Å². The van der Waals surface area contributed by atoms with Crippen LogP contribution in [0, 0.1) is 5.92 Å². The molecule has 1 saturated heterocycles. The highest BCUT2D eigenvalue weighted by Crippen LogP contribution is 2.29. The van der Waals surface area contributed by atoms with Crippen LogP contribution in [0.3, 0.4) is 0 Å². The normalized spacial score (nSPS) is 21.8. The zero-order valence-corrected chi connectivity index (χ0v) is 15.4. The SMILES string of the molecule is O=C1C[C@@H](CNS(=O)(=O)c2ccc(OC(F)(F)F)cc2)CN1C1CCCC1. The number of likely N-dealkylation sites (tertiary alicyclic amines) is 1. The largest absolute Gasteiger partial charge is 0.573 e. The van der Waals surface area contributed by atoms with Crippen LogP contribution < -0.4 is 9.46 Å². The van der Waals surface area contributed by atoms with E-state index in [4.69, 9.17) is 0 Å². The van der Waals surface area contributed by atoms with Gasteiger partial charge in [-0.15, -0.1) is 13.2 Å². The average Bonchev–Trinajstić information content (AvgIpc) is 3.21. The molecule has 0 unspecified atom stereocenters. The van der Waals surface area contributed by atoms with Crippen LogP contribution in [0.1, 0.15) is 32.1 Å². The van der Waals surface area contributed by atoms with Gasteiger partial charge in [-0.25, -0.2) is 13.1 Å². The Labute approximate surface area is 155 Å². The molecule has 6 nitrogen and oxygen atoms in total. The van der Waals surface area contributed by atoms with E-state index in [0.717, 1.165) is 49.9 Å². The number of alkyl halides is 3. The lowest BCUT2D eigenvalue weighted by Crippen LogP contribution is -2.36. The van der Waals surface area contributed by atoms with Crippen LogP contribution >= 0.6 is 0 Å². The first-order valence-corrected chi connectivity index (χ1v) is 10.3. The van der Waals surface area contributed by atoms with Crippen LogP contribution in [0.15, 0.2) is 29.2 Å². The average molecular weight is 406 g/mol. The van der Waals surface area contributed by atoms with Crippen molar-refractivity contribution >= 4 is 15.9 Å². The zero-order chi connectivity index (χ0) is 19.7. The van der Waals surface area contributed by atoms with Crippen LogP contribution in [0.4, 0.5) is 13.2 Å². The molecule has 2 fully saturated rings. The lowest BCUT2D eigenvalue weighted by molar-refractivity contribution is -0.274. The fourth-order valence-corrected chi connectivity index (χ4v) is 4.76. The van der Waals surface area contributed by atoms with Crippen molar-refractivity contribution in [2.45, 2.75) is 49.4 Å². The second-order valence-corrected chi connectivity index (χ2v) is 8.69. The summed E-state index contributed by atoms with van der Waals surface area (Å²) >= 11 is 0. The van der Waals surface area contributed by atoms with Crippen molar-refractivity contribution in [3.05, 3.63) is 24.3 Å². The highest BCUT2D eigenvalue weighted by Gasteiger charge is 2.36. The van der Waals surface area contributed by atoms with Crippen LogP contribution in [-0.4, -0.2) is 44.7 Å². The smallest absolute Gasteiger partial charge is 0.406 e. The Balaban J connectivity index is 1.56. The Morgan fingerprint density at radius 2 is 1.78 bits per heavy atom. The number of carbonyl (C=O) groups is 1. The molecule has 3 rings (SSSR count). The van der Waals surface area contributed by atoms with Gasteiger partial charge in [-0.3, -0.25) is 4.79 Å². The number of sulfonamides is 1. The summed E-state index contributed by atoms with van der Waals surface area (Å²) in [6, 6.07) is 4.26. The first-order chi connectivity index (χ1) is 12.6. The van der Waals surface area contributed by atoms with E-state index in [9.17, 15) is 26.4 Å². The Kier molecular flexibility index (Phi) is 5.66. The Hall–Kier alpha value is -1.81. The van der Waals surface area contributed by atoms with Gasteiger partial charge in [0.05, 0.1) is 4.90 Å². The summed E-state index contributed by atoms with van der Waals surface area (Å²) < 4.78 is 67.3. The number of nitrogens with one attached hydrogen (secondary N) is 1. The molecule has 1 amide bonds. The van der Waals surface area contributed by atoms with Gasteiger partial charge in [0.15, 0.2) is 0 Å². The van der Waals surface area contributed by atoms with Gasteiger partial charge in [0.25, 0.3) is 0 Å². The number of nitrogens with zero attached hydrogens (tertiary/aromatic N) is 1. The topological polar surface area (TPSA) is 75.7 Å². The van der Waals surface area contributed by atoms with Gasteiger partial charge in [-0.2, -0.15) is 0 Å². The summed E-state index contributed by atoms with van der Waals surface area (Å²) in [7, 11) is -3.88. The number of hydrogen-bond donors (Lipinski definition) is 1. The maximum absolute atomic E-state index is 12.3. The molecule has 1 aliphatic heterocycles. The van der Waals surface area contributed by atoms with Gasteiger partial charge in [0.2, 0.25) is 15.9 Å². The van der Waals surface area contributed by atoms with E-state index < -0.39 is 22.1 Å². The van der Waals surface area contributed by atoms with Crippen molar-refractivity contribution in [3.63, 3.8) is 0 Å². The molecule has 150 valence electrons. The van der Waals surface area contributed by atoms with Crippen molar-refractivity contribution in [3.8, 4) is 5.75 Å². The Morgan fingerprint density at radius 3 is 2.37 bits per heavy atom. The van der Waals surface area contributed by atoms with Crippen LogP contribution in [-0.2, 0) is 14.8 Å². The number of carbonyl (C=O) groups excluding carboxylic acids is 1. The van der Waals surface area contributed by atoms with Gasteiger partial charge >= 0.3 is 6.36 Å². The molecule has 1 saturated carbocycles. The molecule has 1 aliphatic carbocycles. The fourth-order valence-electron chi connectivity index (χ4n) is 3.65. The molecule has 0 aromatic heterocycles. The van der Waals surface area contributed by atoms with E-state index in [1.54, 1.807) is 0 Å². The lowest BCUT2D eigenvalue weighted by Gasteiger charge is -2.24. The van der Waals surface area contributed by atoms with Crippen molar-refractivity contribution in [1.82, 2.24) is 9.62 Å². The third-order valence-corrected chi connectivity index (χ3v) is 6.37. The van der Waals surface area contributed by atoms with Crippen LogP contribution in [0.5, 0.6) is 5.75 Å². The van der Waals surface area contributed by atoms with Crippen molar-refractivity contribution in [2.24, 2.45) is 5.92 Å². The minimum Gasteiger partial charge on any atom is -0.406 e. The third-order valence-electron chi connectivity index (χ3n) is 4.93. The molecule has 2 aliphatic rings. The van der Waals surface area contributed by atoms with Crippen LogP contribution in [0.2, 0.25) is 0 Å². The van der Waals surface area contributed by atoms with Gasteiger partial charge in [0.1, 0.15) is 5.75 Å². The summed E-state index contributed by atoms with van der Waals surface area (Å²) in [5, 5.41) is 0. The quantitative estimate of drug-likeness (QED) is 0.788. The second kappa shape index (κ2) is 7.67. The van der Waals surface area contributed by atoms with E-state index in [1.807, 2.05) is 4.90 Å². The van der Waals surface area contributed by atoms with E-state index >= 15 is 0 Å². The van der Waals surface area contributed by atoms with Crippen molar-refractivity contribution in [1.29, 1.82) is 0 Å². The number of rotatable bonds is 6. The number of ether oxygens (including phenoxy) is 1. The molecule has 1 atom stereocenters. The van der Waals surface area contributed by atoms with Gasteiger partial charge < -0.3 is 9.64 Å². The minimum absolute atomic E-state index is 0.0553. The number of halogens is 3. The van der Waals surface area contributed by atoms with Gasteiger partial charge in [-0.05, 0) is 43.0 Å². The lowest BCUT2D eigenvalue weighted by atomic mass is 10.1. The molecular weight excluding hydrogens is 385 g/mol. The maximum atomic E-state index is 12.3. The van der Waals surface area contributed by atoms with Crippen molar-refractivity contribution < 1.29 is 31.1 Å². The molecule has 1 aromatic carbocycles. The number of hydrogen-bond acceptors (Lipinski definition) is 4. The van der Waals surface area contributed by atoms with Gasteiger partial charge in [-0.1, -0.05) is 12.8 Å². The molecule has 1 N–H and O–H groups in total. The second-order valence-electron chi connectivity index (χ2n) is 6.93. The molecule has 0 spiro atoms. The Bertz CT molecular complexity index is 774. The summed E-state index contributed by atoms with van der Waals surface area (Å²) in [5.74, 6) is -0.546. The number of amides is 1. The molecule has 27 heavy (non-hydrogen) atoms. The maximum Gasteiger partial charge on any atom is 0.573 e. The first kappa shape index (κ1) is 19.9. The van der Waals surface area contributed by atoms with E-state index in [-0.39, 0.29) is 29.3 Å². The highest BCUT2D eigenvalue weighted by atomic mass is 32.2. The fraction of sp³-hybridized carbons (Fsp3) is 0.588. The van der Waals surface area contributed by atoms with E-state index in [2.05, 4.69) is 9.46 Å². The summed E-state index contributed by atoms with van der Waals surface area (Å²) in [5.41, 5.74) is 0. The van der Waals surface area contributed by atoms with Crippen molar-refractivity contribution in [2.75, 3.05) is 13.1 Å². The molecule has 1 aromatic rings. The monoisotopic (exact) mass is 406 g/mol. The number of benzene rings is 1. The first-order valence-electron chi connectivity index (χ1n) is 8.79. The minimum atomic E-state index is -4.83. The highest BCUT2D eigenvalue weighted by molar-refractivity contribution is 7.89. The predicted octanol–water partition coefficient (Wildman–Crippen LogP) is 2.65. The Morgan fingerprint density at radius 1 is 1.15 bits per heavy atom. The summed E-state index contributed by atoms with van der Waals surface area (Å²) in [6.45, 7) is 0.641. The predicted molar refractivity (Wildman–Crippen MR) is 90.4 cm³/mol. The molecule has 10 heteroatoms. The standard InChI is InChI=1S/C17H21F3N2O4S/c18-17(19,20)26-14-5-7-15(8-6-14)27(24,25)21-10-12-9-16(23)22(11-12)13-3-1-2-4-13/h5-8,12-13,21H,1-4,9-11H2/t12-/m0/s1. The summed E-state index contributed by atoms with van der Waals surface area (Å²) in [4.78, 5) is 13.9. The molecule has 0 bridgehead atoms. The third kappa shape index (κ3) is 5.13. The van der Waals surface area contributed by atoms with Gasteiger partial charge in [0, 0.05) is 25.6 Å². The summed E-state index contributed by atoms with van der Waals surface area (Å²) in [6.07, 6.45) is -0.317. The van der Waals surface area contributed by atoms with Crippen LogP contribution in [0.25, 0.3) is 0 Å².